The molecule has 1 aromatic rings. The number of rotatable bonds is 1. The number of piperidine rings is 1. The number of aliphatic hydroxyl groups excluding tert-OH is 2. The highest BCUT2D eigenvalue weighted by molar-refractivity contribution is 5.81. The van der Waals surface area contributed by atoms with Crippen LogP contribution < -0.4 is 0 Å². The van der Waals surface area contributed by atoms with E-state index in [4.69, 9.17) is 4.74 Å². The third-order valence-electron chi connectivity index (χ3n) is 4.12. The molecule has 120 valence electrons. The molecule has 0 spiro atoms. The van der Waals surface area contributed by atoms with Crippen molar-refractivity contribution in [2.24, 2.45) is 0 Å². The molecule has 0 aliphatic carbocycles. The van der Waals surface area contributed by atoms with Crippen molar-refractivity contribution in [2.45, 2.75) is 43.9 Å². The molecule has 2 aliphatic rings. The first-order chi connectivity index (χ1) is 10.4. The van der Waals surface area contributed by atoms with Gasteiger partial charge in [0.1, 0.15) is 0 Å². The van der Waals surface area contributed by atoms with Crippen molar-refractivity contribution in [1.29, 1.82) is 0 Å². The van der Waals surface area contributed by atoms with Crippen LogP contribution in [-0.4, -0.2) is 39.6 Å². The fraction of sp³-hybridized carbons (Fsp3) is 0.500. The van der Waals surface area contributed by atoms with Gasteiger partial charge >= 0.3 is 0 Å². The van der Waals surface area contributed by atoms with Crippen LogP contribution in [0.4, 0.5) is 13.2 Å². The normalized spacial score (nSPS) is 32.0. The Hall–Kier alpha value is -1.64. The maximum atomic E-state index is 13.4. The molecule has 2 fully saturated rings. The van der Waals surface area contributed by atoms with Gasteiger partial charge in [-0.25, -0.2) is 13.2 Å². The van der Waals surface area contributed by atoms with E-state index in [0.29, 0.717) is 19.3 Å². The Bertz CT molecular complexity index is 589. The largest absolute Gasteiger partial charge is 0.366 e. The van der Waals surface area contributed by atoms with Crippen LogP contribution in [0.2, 0.25) is 0 Å². The molecule has 2 aliphatic heterocycles. The zero-order valence-electron chi connectivity index (χ0n) is 11.4. The summed E-state index contributed by atoms with van der Waals surface area (Å²) in [6, 6.07) is 0.176. The monoisotopic (exact) mass is 317 g/mol. The minimum Gasteiger partial charge on any atom is -0.366 e. The number of carbonyl (C=O) groups excluding carboxylic acids is 1. The third-order valence-corrected chi connectivity index (χ3v) is 4.12. The molecule has 2 saturated heterocycles. The Kier molecular flexibility index (Phi) is 3.84. The molecule has 1 amide bonds. The molecule has 0 aromatic heterocycles. The molecule has 2 N–H and O–H groups in total. The second-order valence-electron chi connectivity index (χ2n) is 5.44. The Morgan fingerprint density at radius 3 is 2.41 bits per heavy atom. The molecule has 0 radical (unpaired) electrons. The Morgan fingerprint density at radius 2 is 1.77 bits per heavy atom. The first-order valence-corrected chi connectivity index (χ1v) is 6.88. The minimum atomic E-state index is -1.83. The number of fused-ring (bicyclic) bond motifs is 1. The quantitative estimate of drug-likeness (QED) is 0.764. The van der Waals surface area contributed by atoms with Crippen LogP contribution in [0.25, 0.3) is 0 Å². The Balaban J connectivity index is 2.00. The molecule has 4 unspecified atom stereocenters. The van der Waals surface area contributed by atoms with Crippen LogP contribution in [0.3, 0.4) is 0 Å². The lowest BCUT2D eigenvalue weighted by Gasteiger charge is -2.47. The van der Waals surface area contributed by atoms with Gasteiger partial charge in [0, 0.05) is 0 Å². The van der Waals surface area contributed by atoms with E-state index in [1.165, 1.54) is 4.90 Å². The van der Waals surface area contributed by atoms with Gasteiger partial charge in [-0.2, -0.15) is 0 Å². The van der Waals surface area contributed by atoms with Gasteiger partial charge in [-0.1, -0.05) is 0 Å². The van der Waals surface area contributed by atoms with E-state index in [0.717, 1.165) is 12.1 Å². The van der Waals surface area contributed by atoms with E-state index in [1.54, 1.807) is 0 Å². The average Bonchev–Trinajstić information content (AvgIpc) is 2.49. The van der Waals surface area contributed by atoms with Crippen molar-refractivity contribution in [3.05, 3.63) is 35.1 Å². The molecule has 8 heteroatoms. The van der Waals surface area contributed by atoms with Gasteiger partial charge < -0.3 is 19.8 Å². The van der Waals surface area contributed by atoms with Crippen molar-refractivity contribution < 1.29 is 32.9 Å². The second-order valence-corrected chi connectivity index (χ2v) is 5.44. The van der Waals surface area contributed by atoms with Gasteiger partial charge in [-0.3, -0.25) is 4.79 Å². The van der Waals surface area contributed by atoms with Crippen LogP contribution in [0, 0.1) is 17.5 Å². The maximum absolute atomic E-state index is 13.4. The number of halogens is 3. The standard InChI is InChI=1S/C14H14F3NO4/c15-7-4-6(5-8(16)11(7)17)9-2-1-3-10-13(20)22-14(21)12(19)18(9)10/h4-5,9-10,13-14,20-21H,1-3H2. The number of benzene rings is 1. The zero-order valence-corrected chi connectivity index (χ0v) is 11.4. The maximum Gasteiger partial charge on any atom is 0.280 e. The lowest BCUT2D eigenvalue weighted by Crippen LogP contribution is -2.60. The zero-order chi connectivity index (χ0) is 16.0. The summed E-state index contributed by atoms with van der Waals surface area (Å²) >= 11 is 0. The van der Waals surface area contributed by atoms with Crippen LogP contribution in [0.15, 0.2) is 12.1 Å². The molecule has 0 bridgehead atoms. The molecular formula is C14H14F3NO4. The van der Waals surface area contributed by atoms with Crippen LogP contribution >= 0.6 is 0 Å². The fourth-order valence-electron chi connectivity index (χ4n) is 3.13. The van der Waals surface area contributed by atoms with E-state index in [2.05, 4.69) is 0 Å². The lowest BCUT2D eigenvalue weighted by atomic mass is 9.89. The highest BCUT2D eigenvalue weighted by Gasteiger charge is 2.46. The highest BCUT2D eigenvalue weighted by Crippen LogP contribution is 2.39. The van der Waals surface area contributed by atoms with Crippen LogP contribution in [0.5, 0.6) is 0 Å². The van der Waals surface area contributed by atoms with Crippen molar-refractivity contribution in [3.63, 3.8) is 0 Å². The minimum absolute atomic E-state index is 0.0794. The number of hydrogen-bond acceptors (Lipinski definition) is 4. The molecule has 1 aromatic carbocycles. The lowest BCUT2D eigenvalue weighted by molar-refractivity contribution is -0.267. The number of morpholine rings is 1. The van der Waals surface area contributed by atoms with Crippen molar-refractivity contribution in [3.8, 4) is 0 Å². The van der Waals surface area contributed by atoms with E-state index in [1.807, 2.05) is 0 Å². The summed E-state index contributed by atoms with van der Waals surface area (Å²) in [5, 5.41) is 19.3. The SMILES string of the molecule is O=C1C(O)OC(O)C2CCCC(c3cc(F)c(F)c(F)c3)N12. The summed E-state index contributed by atoms with van der Waals surface area (Å²) < 4.78 is 44.7. The number of ether oxygens (including phenoxy) is 1. The molecule has 4 atom stereocenters. The van der Waals surface area contributed by atoms with Crippen LogP contribution in [0.1, 0.15) is 30.9 Å². The van der Waals surface area contributed by atoms with Gasteiger partial charge in [0.15, 0.2) is 23.7 Å². The predicted octanol–water partition coefficient (Wildman–Crippen LogP) is 1.19. The van der Waals surface area contributed by atoms with Gasteiger partial charge in [-0.15, -0.1) is 0 Å². The molecular weight excluding hydrogens is 303 g/mol. The number of amides is 1. The van der Waals surface area contributed by atoms with Crippen molar-refractivity contribution >= 4 is 5.91 Å². The first kappa shape index (κ1) is 15.3. The summed E-state index contributed by atoms with van der Waals surface area (Å²) in [6.45, 7) is 0. The summed E-state index contributed by atoms with van der Waals surface area (Å²) in [5.41, 5.74) is 0.0794. The first-order valence-electron chi connectivity index (χ1n) is 6.88. The summed E-state index contributed by atoms with van der Waals surface area (Å²) in [4.78, 5) is 13.3. The van der Waals surface area contributed by atoms with Gasteiger partial charge in [-0.05, 0) is 37.0 Å². The number of carbonyl (C=O) groups is 1. The van der Waals surface area contributed by atoms with Crippen molar-refractivity contribution in [1.82, 2.24) is 4.90 Å². The van der Waals surface area contributed by atoms with Crippen molar-refractivity contribution in [2.75, 3.05) is 0 Å². The van der Waals surface area contributed by atoms with E-state index in [-0.39, 0.29) is 5.56 Å². The van der Waals surface area contributed by atoms with E-state index < -0.39 is 48.0 Å². The number of nitrogens with zero attached hydrogens (tertiary/aromatic N) is 1. The number of aliphatic hydroxyl groups is 2. The smallest absolute Gasteiger partial charge is 0.280 e. The Morgan fingerprint density at radius 1 is 1.14 bits per heavy atom. The molecule has 2 heterocycles. The highest BCUT2D eigenvalue weighted by atomic mass is 19.2. The van der Waals surface area contributed by atoms with E-state index >= 15 is 0 Å². The molecule has 0 saturated carbocycles. The third kappa shape index (κ3) is 2.37. The topological polar surface area (TPSA) is 70.0 Å². The summed E-state index contributed by atoms with van der Waals surface area (Å²) in [6.07, 6.45) is -1.82. The average molecular weight is 317 g/mol. The van der Waals surface area contributed by atoms with Gasteiger partial charge in [0.2, 0.25) is 6.29 Å². The van der Waals surface area contributed by atoms with Crippen LogP contribution in [-0.2, 0) is 9.53 Å². The Labute approximate surface area is 123 Å². The number of hydrogen-bond donors (Lipinski definition) is 2. The molecule has 5 nitrogen and oxygen atoms in total. The molecule has 22 heavy (non-hydrogen) atoms. The molecule has 3 rings (SSSR count). The van der Waals surface area contributed by atoms with Gasteiger partial charge in [0.05, 0.1) is 12.1 Å². The predicted molar refractivity (Wildman–Crippen MR) is 66.6 cm³/mol. The van der Waals surface area contributed by atoms with Gasteiger partial charge in [0.25, 0.3) is 5.91 Å². The van der Waals surface area contributed by atoms with E-state index in [9.17, 15) is 28.2 Å². The second kappa shape index (κ2) is 5.53. The fourth-order valence-corrected chi connectivity index (χ4v) is 3.13. The summed E-state index contributed by atoms with van der Waals surface area (Å²) in [7, 11) is 0. The summed E-state index contributed by atoms with van der Waals surface area (Å²) in [5.74, 6) is -5.06.